The maximum atomic E-state index is 13.2. The third-order valence-electron chi connectivity index (χ3n) is 6.23. The average molecular weight is 513 g/mol. The van der Waals surface area contributed by atoms with Crippen molar-refractivity contribution in [2.75, 3.05) is 11.4 Å². The van der Waals surface area contributed by atoms with E-state index < -0.39 is 25.5 Å². The predicted molar refractivity (Wildman–Crippen MR) is 144 cm³/mol. The van der Waals surface area contributed by atoms with Crippen molar-refractivity contribution >= 4 is 30.3 Å². The zero-order chi connectivity index (χ0) is 26.1. The molecule has 1 aliphatic heterocycles. The summed E-state index contributed by atoms with van der Waals surface area (Å²) in [5.74, 6) is 0.724. The number of halogens is 3. The summed E-state index contributed by atoms with van der Waals surface area (Å²) in [4.78, 5) is 7.12. The third kappa shape index (κ3) is 5.82. The zero-order valence-electron chi connectivity index (χ0n) is 21.3. The Morgan fingerprint density at radius 3 is 1.72 bits per heavy atom. The molecule has 36 heavy (non-hydrogen) atoms. The molecule has 1 atom stereocenters. The molecule has 0 radical (unpaired) electrons. The van der Waals surface area contributed by atoms with Gasteiger partial charge in [0.2, 0.25) is 0 Å². The van der Waals surface area contributed by atoms with Gasteiger partial charge >= 0.3 is 6.18 Å². The Bertz CT molecular complexity index is 1150. The Balaban J connectivity index is 1.72. The Kier molecular flexibility index (Phi) is 7.32. The van der Waals surface area contributed by atoms with E-state index in [9.17, 15) is 13.2 Å². The van der Waals surface area contributed by atoms with E-state index in [0.717, 1.165) is 28.6 Å². The molecular weight excluding hydrogens is 480 g/mol. The minimum atomic E-state index is -4.38. The summed E-state index contributed by atoms with van der Waals surface area (Å²) in [5.41, 5.74) is -0.913. The maximum Gasteiger partial charge on any atom is 0.416 e. The van der Waals surface area contributed by atoms with Gasteiger partial charge in [-0.2, -0.15) is 13.2 Å². The van der Waals surface area contributed by atoms with Gasteiger partial charge in [-0.25, -0.2) is 0 Å². The van der Waals surface area contributed by atoms with Crippen molar-refractivity contribution in [3.05, 3.63) is 90.5 Å². The molecule has 3 aromatic carbocycles. The molecule has 0 fully saturated rings. The fourth-order valence-corrected chi connectivity index (χ4v) is 6.11. The van der Waals surface area contributed by atoms with Crippen molar-refractivity contribution in [3.8, 4) is 0 Å². The van der Waals surface area contributed by atoms with Gasteiger partial charge in [0, 0.05) is 22.8 Å². The van der Waals surface area contributed by atoms with Crippen molar-refractivity contribution in [1.29, 1.82) is 0 Å². The first-order chi connectivity index (χ1) is 16.9. The van der Waals surface area contributed by atoms with E-state index in [1.165, 1.54) is 12.1 Å². The lowest BCUT2D eigenvalue weighted by Crippen LogP contribution is -2.45. The van der Waals surface area contributed by atoms with Crippen LogP contribution in [0.4, 0.5) is 18.9 Å². The zero-order valence-corrected chi connectivity index (χ0v) is 22.1. The minimum Gasteiger partial charge on any atom is -0.336 e. The summed E-state index contributed by atoms with van der Waals surface area (Å²) < 4.78 is 46.5. The molecule has 1 unspecified atom stereocenters. The third-order valence-corrected chi connectivity index (χ3v) is 8.41. The van der Waals surface area contributed by atoms with Crippen LogP contribution in [0.3, 0.4) is 0 Å². The van der Waals surface area contributed by atoms with Crippen LogP contribution in [0.25, 0.3) is 0 Å². The number of aliphatic imine (C=N–C) groups is 1. The largest absolute Gasteiger partial charge is 0.416 e. The van der Waals surface area contributed by atoms with Gasteiger partial charge in [-0.15, -0.1) is 0 Å². The monoisotopic (exact) mass is 512 g/mol. The van der Waals surface area contributed by atoms with E-state index in [1.807, 2.05) is 55.1 Å². The smallest absolute Gasteiger partial charge is 0.336 e. The first-order valence-electron chi connectivity index (χ1n) is 12.0. The van der Waals surface area contributed by atoms with Crippen LogP contribution < -0.4 is 15.5 Å². The van der Waals surface area contributed by atoms with Crippen LogP contribution in [0.1, 0.15) is 40.2 Å². The van der Waals surface area contributed by atoms with Gasteiger partial charge in [0.15, 0.2) is 0 Å². The first-order valence-corrected chi connectivity index (χ1v) is 13.2. The predicted octanol–water partition coefficient (Wildman–Crippen LogP) is 7.18. The van der Waals surface area contributed by atoms with Gasteiger partial charge in [0.05, 0.1) is 19.8 Å². The van der Waals surface area contributed by atoms with Crippen molar-refractivity contribution in [2.24, 2.45) is 10.4 Å². The number of anilines is 1. The summed E-state index contributed by atoms with van der Waals surface area (Å²) in [7, 11) is -1.16. The minimum absolute atomic E-state index is 0.0302. The number of nitrogens with zero attached hydrogens (tertiary/aromatic N) is 2. The number of alkyl halides is 3. The molecule has 1 heterocycles. The fraction of sp³-hybridized carbons (Fsp3) is 0.345. The van der Waals surface area contributed by atoms with Gasteiger partial charge < -0.3 is 9.42 Å². The molecule has 0 aliphatic carbocycles. The van der Waals surface area contributed by atoms with Crippen LogP contribution in [-0.2, 0) is 10.7 Å². The summed E-state index contributed by atoms with van der Waals surface area (Å²) in [6.07, 6.45) is -4.38. The summed E-state index contributed by atoms with van der Waals surface area (Å²) >= 11 is 0. The van der Waals surface area contributed by atoms with Crippen molar-refractivity contribution in [1.82, 2.24) is 0 Å². The summed E-state index contributed by atoms with van der Waals surface area (Å²) in [5, 5.41) is 2.16. The van der Waals surface area contributed by atoms with Crippen LogP contribution in [0.15, 0.2) is 89.9 Å². The normalized spacial score (nSPS) is 17.0. The molecule has 0 bridgehead atoms. The second kappa shape index (κ2) is 9.99. The molecule has 190 valence electrons. The Morgan fingerprint density at radius 2 is 1.28 bits per heavy atom. The summed E-state index contributed by atoms with van der Waals surface area (Å²) in [6, 6.07) is 25.5. The molecule has 0 N–H and O–H groups in total. The average Bonchev–Trinajstić information content (AvgIpc) is 3.31. The molecule has 0 aromatic heterocycles. The highest BCUT2D eigenvalue weighted by molar-refractivity contribution is 7.68. The van der Waals surface area contributed by atoms with Crippen LogP contribution in [0.5, 0.6) is 0 Å². The van der Waals surface area contributed by atoms with E-state index in [-0.39, 0.29) is 11.5 Å². The van der Waals surface area contributed by atoms with Gasteiger partial charge in [-0.3, -0.25) is 4.99 Å². The second-order valence-electron chi connectivity index (χ2n) is 10.6. The first kappa shape index (κ1) is 26.4. The van der Waals surface area contributed by atoms with Crippen molar-refractivity contribution < 1.29 is 17.7 Å². The molecule has 7 heteroatoms. The molecule has 0 spiro atoms. The molecule has 0 saturated heterocycles. The van der Waals surface area contributed by atoms with Gasteiger partial charge in [0.1, 0.15) is 11.4 Å². The van der Waals surface area contributed by atoms with Crippen LogP contribution in [0, 0.1) is 5.41 Å². The Hall–Kier alpha value is -2.69. The van der Waals surface area contributed by atoms with E-state index in [4.69, 9.17) is 9.52 Å². The van der Waals surface area contributed by atoms with Gasteiger partial charge in [-0.1, -0.05) is 81.4 Å². The highest BCUT2D eigenvalue weighted by Gasteiger charge is 2.43. The van der Waals surface area contributed by atoms with Gasteiger partial charge in [-0.05, 0) is 43.5 Å². The number of hydrogen-bond donors (Lipinski definition) is 0. The molecule has 3 aromatic rings. The van der Waals surface area contributed by atoms with Crippen molar-refractivity contribution in [2.45, 2.75) is 52.4 Å². The van der Waals surface area contributed by atoms with Crippen LogP contribution in [0.2, 0.25) is 0 Å². The lowest BCUT2D eigenvalue weighted by molar-refractivity contribution is -0.137. The number of amidine groups is 1. The number of hydrogen-bond acceptors (Lipinski definition) is 3. The number of benzene rings is 3. The highest BCUT2D eigenvalue weighted by Crippen LogP contribution is 2.43. The van der Waals surface area contributed by atoms with Gasteiger partial charge in [0.25, 0.3) is 0 Å². The number of rotatable bonds is 6. The lowest BCUT2D eigenvalue weighted by atomic mass is 9.87. The Labute approximate surface area is 212 Å². The maximum absolute atomic E-state index is 13.2. The second-order valence-corrected chi connectivity index (χ2v) is 12.4. The van der Waals surface area contributed by atoms with Crippen LogP contribution >= 0.6 is 8.15 Å². The molecule has 0 saturated carbocycles. The van der Waals surface area contributed by atoms with Crippen molar-refractivity contribution in [3.63, 3.8) is 0 Å². The van der Waals surface area contributed by atoms with E-state index in [2.05, 4.69) is 45.0 Å². The molecule has 0 amide bonds. The van der Waals surface area contributed by atoms with E-state index >= 15 is 0 Å². The van der Waals surface area contributed by atoms with E-state index in [0.29, 0.717) is 12.2 Å². The molecular formula is C29H32F3N2OP. The molecule has 4 rings (SSSR count). The van der Waals surface area contributed by atoms with E-state index in [1.54, 1.807) is 0 Å². The Morgan fingerprint density at radius 1 is 0.778 bits per heavy atom. The lowest BCUT2D eigenvalue weighted by Gasteiger charge is -2.35. The SMILES string of the molecule is CC(C)(OP(c1ccccc1)c1ccccc1)C1=NC(C(C)(C)C)CN1c1ccc(C(F)(F)F)cc1. The standard InChI is InChI=1S/C29H32F3N2OP/c1-27(2,3)25-20-34(22-18-16-21(17-19-22)29(30,31)32)26(33-25)28(4,5)35-36(23-12-8-6-9-13-23)24-14-10-7-11-15-24/h6-19,25H,20H2,1-5H3. The topological polar surface area (TPSA) is 24.8 Å². The summed E-state index contributed by atoms with van der Waals surface area (Å²) in [6.45, 7) is 11.0. The fourth-order valence-electron chi connectivity index (χ4n) is 4.17. The molecule has 1 aliphatic rings. The quantitative estimate of drug-likeness (QED) is 0.327. The van der Waals surface area contributed by atoms with Crippen LogP contribution in [-0.4, -0.2) is 24.0 Å². The molecule has 3 nitrogen and oxygen atoms in total. The highest BCUT2D eigenvalue weighted by atomic mass is 31.1.